The van der Waals surface area contributed by atoms with Gasteiger partial charge in [0.2, 0.25) is 0 Å². The van der Waals surface area contributed by atoms with E-state index >= 15 is 0 Å². The summed E-state index contributed by atoms with van der Waals surface area (Å²) in [4.78, 5) is 12.0. The maximum atomic E-state index is 12.0. The molecular formula is C13H15N3OS. The number of hydrogen-bond donors (Lipinski definition) is 0. The molecule has 1 aromatic heterocycles. The Morgan fingerprint density at radius 1 is 1.33 bits per heavy atom. The molecule has 1 aromatic carbocycles. The zero-order valence-electron chi connectivity index (χ0n) is 10.7. The molecule has 0 spiro atoms. The summed E-state index contributed by atoms with van der Waals surface area (Å²) in [5.74, 6) is 1.35. The van der Waals surface area contributed by atoms with E-state index in [1.54, 1.807) is 0 Å². The molecule has 0 saturated heterocycles. The Labute approximate surface area is 110 Å². The lowest BCUT2D eigenvalue weighted by atomic mass is 10.1. The number of hydrogen-bond acceptors (Lipinski definition) is 4. The van der Waals surface area contributed by atoms with E-state index in [1.165, 1.54) is 11.8 Å². The van der Waals surface area contributed by atoms with Gasteiger partial charge in [0.1, 0.15) is 5.82 Å². The van der Waals surface area contributed by atoms with Gasteiger partial charge in [-0.15, -0.1) is 10.2 Å². The van der Waals surface area contributed by atoms with E-state index in [0.717, 1.165) is 22.1 Å². The Bertz CT molecular complexity index is 577. The van der Waals surface area contributed by atoms with Crippen molar-refractivity contribution in [3.63, 3.8) is 0 Å². The molecule has 94 valence electrons. The number of Topliss-reactive ketones (excluding diaryl/α,β-unsaturated/α-hetero) is 1. The maximum Gasteiger partial charge on any atom is 0.191 e. The predicted molar refractivity (Wildman–Crippen MR) is 72.0 cm³/mol. The highest BCUT2D eigenvalue weighted by Crippen LogP contribution is 2.17. The molecule has 0 aliphatic heterocycles. The third-order valence-electron chi connectivity index (χ3n) is 2.73. The second-order valence-corrected chi connectivity index (χ2v) is 5.11. The molecule has 0 N–H and O–H groups in total. The molecule has 0 amide bonds. The van der Waals surface area contributed by atoms with Crippen molar-refractivity contribution in [1.82, 2.24) is 14.8 Å². The molecule has 1 heterocycles. The molecule has 4 nitrogen and oxygen atoms in total. The molecule has 2 rings (SSSR count). The smallest absolute Gasteiger partial charge is 0.191 e. The molecule has 0 fully saturated rings. The third-order valence-corrected chi connectivity index (χ3v) is 3.75. The van der Waals surface area contributed by atoms with E-state index in [9.17, 15) is 4.79 Å². The number of thioether (sulfide) groups is 1. The van der Waals surface area contributed by atoms with Crippen LogP contribution in [0.25, 0.3) is 0 Å². The summed E-state index contributed by atoms with van der Waals surface area (Å²) < 4.78 is 1.88. The molecule has 5 heteroatoms. The topological polar surface area (TPSA) is 47.8 Å². The molecular weight excluding hydrogens is 246 g/mol. The van der Waals surface area contributed by atoms with Gasteiger partial charge in [-0.05, 0) is 19.9 Å². The average Bonchev–Trinajstić information content (AvgIpc) is 2.67. The highest BCUT2D eigenvalue weighted by Gasteiger charge is 2.10. The van der Waals surface area contributed by atoms with Gasteiger partial charge < -0.3 is 4.57 Å². The quantitative estimate of drug-likeness (QED) is 0.626. The van der Waals surface area contributed by atoms with Crippen molar-refractivity contribution in [2.45, 2.75) is 19.0 Å². The van der Waals surface area contributed by atoms with Gasteiger partial charge in [0.25, 0.3) is 0 Å². The predicted octanol–water partition coefficient (Wildman–Crippen LogP) is 2.41. The highest BCUT2D eigenvalue weighted by atomic mass is 32.2. The minimum Gasteiger partial charge on any atom is -0.309 e. The fraction of sp³-hybridized carbons (Fsp3) is 0.308. The second kappa shape index (κ2) is 5.35. The van der Waals surface area contributed by atoms with Crippen LogP contribution in [0, 0.1) is 13.8 Å². The van der Waals surface area contributed by atoms with E-state index in [2.05, 4.69) is 10.2 Å². The summed E-state index contributed by atoms with van der Waals surface area (Å²) in [5.41, 5.74) is 1.85. The first-order chi connectivity index (χ1) is 8.58. The number of aryl methyl sites for hydroxylation is 2. The lowest BCUT2D eigenvalue weighted by Gasteiger charge is -2.02. The largest absolute Gasteiger partial charge is 0.309 e. The number of benzene rings is 1. The SMILES string of the molecule is Cc1cccc(C(=O)CSc2nnc(C)n2C)c1. The van der Waals surface area contributed by atoms with Crippen LogP contribution in [0.2, 0.25) is 0 Å². The maximum absolute atomic E-state index is 12.0. The van der Waals surface area contributed by atoms with Gasteiger partial charge in [-0.3, -0.25) is 4.79 Å². The van der Waals surface area contributed by atoms with Crippen LogP contribution in [0.1, 0.15) is 21.7 Å². The van der Waals surface area contributed by atoms with Crippen LogP contribution in [-0.4, -0.2) is 26.3 Å². The third kappa shape index (κ3) is 2.79. The molecule has 0 aliphatic carbocycles. The van der Waals surface area contributed by atoms with Crippen molar-refractivity contribution < 1.29 is 4.79 Å². The number of ketones is 1. The summed E-state index contributed by atoms with van der Waals surface area (Å²) in [7, 11) is 1.90. The molecule has 0 unspecified atom stereocenters. The molecule has 0 aliphatic rings. The average molecular weight is 261 g/mol. The van der Waals surface area contributed by atoms with E-state index in [-0.39, 0.29) is 5.78 Å². The van der Waals surface area contributed by atoms with Crippen molar-refractivity contribution in [3.05, 3.63) is 41.2 Å². The molecule has 0 radical (unpaired) electrons. The van der Waals surface area contributed by atoms with Crippen molar-refractivity contribution in [2.75, 3.05) is 5.75 Å². The molecule has 18 heavy (non-hydrogen) atoms. The summed E-state index contributed by atoms with van der Waals surface area (Å²) in [6.45, 7) is 3.87. The summed E-state index contributed by atoms with van der Waals surface area (Å²) in [5, 5.41) is 8.76. The fourth-order valence-electron chi connectivity index (χ4n) is 1.55. The van der Waals surface area contributed by atoms with E-state index < -0.39 is 0 Å². The number of nitrogens with zero attached hydrogens (tertiary/aromatic N) is 3. The summed E-state index contributed by atoms with van der Waals surface area (Å²) in [6.07, 6.45) is 0. The van der Waals surface area contributed by atoms with Gasteiger partial charge in [-0.2, -0.15) is 0 Å². The Kier molecular flexibility index (Phi) is 3.81. The summed E-state index contributed by atoms with van der Waals surface area (Å²) >= 11 is 1.42. The Morgan fingerprint density at radius 2 is 2.11 bits per heavy atom. The lowest BCUT2D eigenvalue weighted by molar-refractivity contribution is 0.102. The zero-order valence-corrected chi connectivity index (χ0v) is 11.5. The zero-order chi connectivity index (χ0) is 13.1. The number of carbonyl (C=O) groups excluding carboxylic acids is 1. The van der Waals surface area contributed by atoms with Crippen molar-refractivity contribution in [3.8, 4) is 0 Å². The summed E-state index contributed by atoms with van der Waals surface area (Å²) in [6, 6.07) is 7.64. The fourth-order valence-corrected chi connectivity index (χ4v) is 2.40. The van der Waals surface area contributed by atoms with Crippen molar-refractivity contribution in [2.24, 2.45) is 7.05 Å². The van der Waals surface area contributed by atoms with Crippen molar-refractivity contribution in [1.29, 1.82) is 0 Å². The van der Waals surface area contributed by atoms with Gasteiger partial charge in [0, 0.05) is 12.6 Å². The Hall–Kier alpha value is -1.62. The molecule has 0 atom stereocenters. The van der Waals surface area contributed by atoms with Gasteiger partial charge in [0.05, 0.1) is 5.75 Å². The van der Waals surface area contributed by atoms with E-state index in [1.807, 2.05) is 49.7 Å². The van der Waals surface area contributed by atoms with Crippen LogP contribution in [0.3, 0.4) is 0 Å². The van der Waals surface area contributed by atoms with Gasteiger partial charge >= 0.3 is 0 Å². The van der Waals surface area contributed by atoms with Gasteiger partial charge in [0.15, 0.2) is 10.9 Å². The monoisotopic (exact) mass is 261 g/mol. The first-order valence-electron chi connectivity index (χ1n) is 5.66. The van der Waals surface area contributed by atoms with Crippen LogP contribution >= 0.6 is 11.8 Å². The molecule has 0 saturated carbocycles. The second-order valence-electron chi connectivity index (χ2n) is 4.17. The van der Waals surface area contributed by atoms with Crippen LogP contribution in [0.15, 0.2) is 29.4 Å². The standard InChI is InChI=1S/C13H15N3OS/c1-9-5-4-6-11(7-9)12(17)8-18-13-15-14-10(2)16(13)3/h4-7H,8H2,1-3H3. The lowest BCUT2D eigenvalue weighted by Crippen LogP contribution is -2.04. The minimum absolute atomic E-state index is 0.115. The number of rotatable bonds is 4. The van der Waals surface area contributed by atoms with Crippen molar-refractivity contribution >= 4 is 17.5 Å². The first-order valence-corrected chi connectivity index (χ1v) is 6.65. The van der Waals surface area contributed by atoms with Gasteiger partial charge in [-0.1, -0.05) is 35.5 Å². The minimum atomic E-state index is 0.115. The number of aromatic nitrogens is 3. The Morgan fingerprint density at radius 3 is 2.72 bits per heavy atom. The van der Waals surface area contributed by atoms with Crippen LogP contribution < -0.4 is 0 Å². The Balaban J connectivity index is 2.03. The highest BCUT2D eigenvalue weighted by molar-refractivity contribution is 7.99. The first kappa shape index (κ1) is 12.8. The van der Waals surface area contributed by atoms with E-state index in [4.69, 9.17) is 0 Å². The van der Waals surface area contributed by atoms with Crippen LogP contribution in [0.5, 0.6) is 0 Å². The van der Waals surface area contributed by atoms with E-state index in [0.29, 0.717) is 5.75 Å². The normalized spacial score (nSPS) is 10.6. The molecule has 0 bridgehead atoms. The number of carbonyl (C=O) groups is 1. The van der Waals surface area contributed by atoms with Gasteiger partial charge in [-0.25, -0.2) is 0 Å². The van der Waals surface area contributed by atoms with Crippen LogP contribution in [-0.2, 0) is 7.05 Å². The molecule has 2 aromatic rings. The van der Waals surface area contributed by atoms with Crippen LogP contribution in [0.4, 0.5) is 0 Å².